The fraction of sp³-hybridized carbons (Fsp3) is 0.500. The Balaban J connectivity index is 1.69. The zero-order valence-electron chi connectivity index (χ0n) is 11.0. The van der Waals surface area contributed by atoms with Gasteiger partial charge in [-0.25, -0.2) is 4.98 Å². The van der Waals surface area contributed by atoms with E-state index in [4.69, 9.17) is 0 Å². The minimum atomic E-state index is 0.280. The molecular weight excluding hydrogens is 320 g/mol. The van der Waals surface area contributed by atoms with E-state index in [-0.39, 0.29) is 5.92 Å². The molecule has 6 heteroatoms. The third kappa shape index (κ3) is 2.63. The number of rotatable bonds is 2. The molecule has 1 saturated heterocycles. The Morgan fingerprint density at radius 3 is 2.65 bits per heavy atom. The molecule has 1 aromatic heterocycles. The van der Waals surface area contributed by atoms with Crippen molar-refractivity contribution < 1.29 is 4.79 Å². The molecular formula is C14H15BrN4O. The second-order valence-corrected chi connectivity index (χ2v) is 6.14. The topological polar surface area (TPSA) is 60.2 Å². The number of piperazine rings is 1. The molecule has 1 aromatic rings. The molecule has 104 valence electrons. The Morgan fingerprint density at radius 1 is 1.35 bits per heavy atom. The largest absolute Gasteiger partial charge is 0.352 e. The molecule has 0 N–H and O–H groups in total. The van der Waals surface area contributed by atoms with Crippen LogP contribution in [0.5, 0.6) is 0 Å². The predicted octanol–water partition coefficient (Wildman–Crippen LogP) is 1.77. The lowest BCUT2D eigenvalue weighted by Crippen LogP contribution is -2.49. The molecule has 0 atom stereocenters. The van der Waals surface area contributed by atoms with Gasteiger partial charge in [-0.3, -0.25) is 4.79 Å². The van der Waals surface area contributed by atoms with Gasteiger partial charge in [0, 0.05) is 42.8 Å². The van der Waals surface area contributed by atoms with Crippen molar-refractivity contribution >= 4 is 27.7 Å². The molecule has 1 aliphatic carbocycles. The van der Waals surface area contributed by atoms with Crippen molar-refractivity contribution in [3.8, 4) is 6.07 Å². The third-order valence-corrected chi connectivity index (χ3v) is 4.20. The average Bonchev–Trinajstić information content (AvgIpc) is 3.31. The minimum Gasteiger partial charge on any atom is -0.352 e. The second kappa shape index (κ2) is 5.41. The zero-order valence-corrected chi connectivity index (χ0v) is 12.6. The van der Waals surface area contributed by atoms with E-state index in [2.05, 4.69) is 31.9 Å². The van der Waals surface area contributed by atoms with Crippen LogP contribution >= 0.6 is 15.9 Å². The van der Waals surface area contributed by atoms with Gasteiger partial charge in [-0.2, -0.15) is 5.26 Å². The molecule has 2 aliphatic rings. The summed E-state index contributed by atoms with van der Waals surface area (Å²) in [6.07, 6.45) is 3.80. The number of halogens is 1. The first-order valence-corrected chi connectivity index (χ1v) is 7.57. The van der Waals surface area contributed by atoms with Gasteiger partial charge in [0.2, 0.25) is 5.91 Å². The summed E-state index contributed by atoms with van der Waals surface area (Å²) < 4.78 is 0.806. The summed E-state index contributed by atoms with van der Waals surface area (Å²) in [5.74, 6) is 1.30. The highest BCUT2D eigenvalue weighted by Gasteiger charge is 2.34. The third-order valence-electron chi connectivity index (χ3n) is 3.77. The lowest BCUT2D eigenvalue weighted by atomic mass is 10.2. The number of aromatic nitrogens is 1. The number of anilines is 1. The van der Waals surface area contributed by atoms with Gasteiger partial charge < -0.3 is 9.80 Å². The van der Waals surface area contributed by atoms with Gasteiger partial charge in [0.05, 0.1) is 5.56 Å². The summed E-state index contributed by atoms with van der Waals surface area (Å²) in [6, 6.07) is 3.96. The fourth-order valence-electron chi connectivity index (χ4n) is 2.49. The van der Waals surface area contributed by atoms with Gasteiger partial charge in [0.25, 0.3) is 0 Å². The SMILES string of the molecule is N#Cc1cc(Br)cnc1N1CCN(C(=O)C2CC2)CC1. The van der Waals surface area contributed by atoms with Crippen molar-refractivity contribution in [1.82, 2.24) is 9.88 Å². The number of pyridine rings is 1. The highest BCUT2D eigenvalue weighted by atomic mass is 79.9. The van der Waals surface area contributed by atoms with E-state index >= 15 is 0 Å². The average molecular weight is 335 g/mol. The van der Waals surface area contributed by atoms with Crippen LogP contribution in [-0.2, 0) is 4.79 Å². The Hall–Kier alpha value is -1.61. The number of hydrogen-bond donors (Lipinski definition) is 0. The van der Waals surface area contributed by atoms with Gasteiger partial charge in [-0.15, -0.1) is 0 Å². The molecule has 2 fully saturated rings. The maximum Gasteiger partial charge on any atom is 0.225 e. The Labute approximate surface area is 126 Å². The van der Waals surface area contributed by atoms with Crippen LogP contribution in [0.4, 0.5) is 5.82 Å². The summed E-state index contributed by atoms with van der Waals surface area (Å²) in [6.45, 7) is 2.92. The van der Waals surface area contributed by atoms with E-state index in [9.17, 15) is 10.1 Å². The summed E-state index contributed by atoms with van der Waals surface area (Å²) in [4.78, 5) is 20.4. The summed E-state index contributed by atoms with van der Waals surface area (Å²) in [5, 5.41) is 9.19. The molecule has 0 unspecified atom stereocenters. The molecule has 1 aliphatic heterocycles. The quantitative estimate of drug-likeness (QED) is 0.827. The maximum atomic E-state index is 12.0. The predicted molar refractivity (Wildman–Crippen MR) is 78.2 cm³/mol. The Morgan fingerprint density at radius 2 is 2.05 bits per heavy atom. The van der Waals surface area contributed by atoms with Crippen LogP contribution in [0, 0.1) is 17.2 Å². The van der Waals surface area contributed by atoms with Gasteiger partial charge in [-0.1, -0.05) is 0 Å². The van der Waals surface area contributed by atoms with E-state index < -0.39 is 0 Å². The monoisotopic (exact) mass is 334 g/mol. The van der Waals surface area contributed by atoms with Crippen LogP contribution in [0.3, 0.4) is 0 Å². The number of carbonyl (C=O) groups excluding carboxylic acids is 1. The molecule has 0 bridgehead atoms. The molecule has 3 rings (SSSR count). The van der Waals surface area contributed by atoms with Crippen LogP contribution in [0.15, 0.2) is 16.7 Å². The molecule has 1 amide bonds. The normalized spacial score (nSPS) is 18.8. The zero-order chi connectivity index (χ0) is 14.1. The Bertz CT molecular complexity index is 571. The molecule has 5 nitrogen and oxygen atoms in total. The van der Waals surface area contributed by atoms with Gasteiger partial charge >= 0.3 is 0 Å². The first-order chi connectivity index (χ1) is 9.69. The van der Waals surface area contributed by atoms with Gasteiger partial charge in [0.1, 0.15) is 11.9 Å². The van der Waals surface area contributed by atoms with Crippen molar-refractivity contribution in [2.75, 3.05) is 31.1 Å². The number of carbonyl (C=O) groups is 1. The van der Waals surface area contributed by atoms with Crippen molar-refractivity contribution in [3.05, 3.63) is 22.3 Å². The van der Waals surface area contributed by atoms with Crippen LogP contribution in [0.2, 0.25) is 0 Å². The van der Waals surface area contributed by atoms with Crippen molar-refractivity contribution in [1.29, 1.82) is 5.26 Å². The highest BCUT2D eigenvalue weighted by molar-refractivity contribution is 9.10. The van der Waals surface area contributed by atoms with Crippen LogP contribution in [0.25, 0.3) is 0 Å². The van der Waals surface area contributed by atoms with Crippen molar-refractivity contribution in [2.24, 2.45) is 5.92 Å². The summed E-state index contributed by atoms with van der Waals surface area (Å²) >= 11 is 3.33. The van der Waals surface area contributed by atoms with Crippen LogP contribution < -0.4 is 4.90 Å². The molecule has 2 heterocycles. The molecule has 20 heavy (non-hydrogen) atoms. The fourth-order valence-corrected chi connectivity index (χ4v) is 2.82. The Kier molecular flexibility index (Phi) is 3.62. The van der Waals surface area contributed by atoms with E-state index in [1.54, 1.807) is 12.3 Å². The van der Waals surface area contributed by atoms with E-state index in [0.29, 0.717) is 17.3 Å². The maximum absolute atomic E-state index is 12.0. The van der Waals surface area contributed by atoms with Crippen LogP contribution in [0.1, 0.15) is 18.4 Å². The summed E-state index contributed by atoms with van der Waals surface area (Å²) in [5.41, 5.74) is 0.571. The molecule has 0 radical (unpaired) electrons. The second-order valence-electron chi connectivity index (χ2n) is 5.22. The smallest absolute Gasteiger partial charge is 0.225 e. The van der Waals surface area contributed by atoms with E-state index in [1.807, 2.05) is 4.90 Å². The highest BCUT2D eigenvalue weighted by Crippen LogP contribution is 2.31. The molecule has 0 spiro atoms. The number of nitriles is 1. The van der Waals surface area contributed by atoms with Gasteiger partial charge in [0.15, 0.2) is 0 Å². The lowest BCUT2D eigenvalue weighted by Gasteiger charge is -2.35. The lowest BCUT2D eigenvalue weighted by molar-refractivity contribution is -0.132. The van der Waals surface area contributed by atoms with Gasteiger partial charge in [-0.05, 0) is 34.8 Å². The first-order valence-electron chi connectivity index (χ1n) is 6.78. The first kappa shape index (κ1) is 13.4. The van der Waals surface area contributed by atoms with Crippen molar-refractivity contribution in [3.63, 3.8) is 0 Å². The summed E-state index contributed by atoms with van der Waals surface area (Å²) in [7, 11) is 0. The van der Waals surface area contributed by atoms with E-state index in [0.717, 1.165) is 43.5 Å². The number of amides is 1. The minimum absolute atomic E-state index is 0.280. The number of hydrogen-bond acceptors (Lipinski definition) is 4. The molecule has 1 saturated carbocycles. The van der Waals surface area contributed by atoms with Crippen LogP contribution in [-0.4, -0.2) is 42.0 Å². The standard InChI is InChI=1S/C14H15BrN4O/c15-12-7-11(8-16)13(17-9-12)18-3-5-19(6-4-18)14(20)10-1-2-10/h7,9-10H,1-6H2. The van der Waals surface area contributed by atoms with E-state index in [1.165, 1.54) is 0 Å². The van der Waals surface area contributed by atoms with Crippen molar-refractivity contribution in [2.45, 2.75) is 12.8 Å². The molecule has 0 aromatic carbocycles. The number of nitrogens with zero attached hydrogens (tertiary/aromatic N) is 4.